The van der Waals surface area contributed by atoms with Crippen molar-refractivity contribution in [2.75, 3.05) is 6.61 Å². The first-order valence-corrected chi connectivity index (χ1v) is 14.0. The van der Waals surface area contributed by atoms with Crippen molar-refractivity contribution in [2.45, 2.75) is 141 Å². The molecule has 0 fully saturated rings. The van der Waals surface area contributed by atoms with Gasteiger partial charge in [-0.05, 0) is 42.4 Å². The summed E-state index contributed by atoms with van der Waals surface area (Å²) in [7, 11) is 0. The summed E-state index contributed by atoms with van der Waals surface area (Å²) in [6.07, 6.45) is 14.7. The van der Waals surface area contributed by atoms with E-state index in [4.69, 9.17) is 4.18 Å². The van der Waals surface area contributed by atoms with Gasteiger partial charge >= 0.3 is 0 Å². The molecule has 4 heteroatoms. The molecule has 0 aliphatic heterocycles. The quantitative estimate of drug-likeness (QED) is 0.213. The lowest BCUT2D eigenvalue weighted by Gasteiger charge is -2.22. The van der Waals surface area contributed by atoms with E-state index >= 15 is 0 Å². The van der Waals surface area contributed by atoms with Crippen LogP contribution < -0.4 is 0 Å². The molecule has 186 valence electrons. The zero-order valence-corrected chi connectivity index (χ0v) is 22.6. The zero-order valence-electron chi connectivity index (χ0n) is 21.7. The first-order valence-electron chi connectivity index (χ1n) is 13.0. The molecule has 0 N–H and O–H groups in total. The van der Waals surface area contributed by atoms with Crippen molar-refractivity contribution < 1.29 is 12.8 Å². The monoisotopic (exact) mass is 468 g/mol. The van der Waals surface area contributed by atoms with Gasteiger partial charge in [-0.2, -0.15) is 0 Å². The molecule has 0 saturated heterocycles. The van der Waals surface area contributed by atoms with Crippen molar-refractivity contribution in [3.8, 4) is 0 Å². The molecule has 0 radical (unpaired) electrons. The number of aryl methyl sites for hydroxylation is 2. The number of unbranched alkanes of at least 4 members (excludes halogenated alkanes) is 11. The minimum Gasteiger partial charge on any atom is -0.284 e. The maximum Gasteiger partial charge on any atom is 0.189 e. The van der Waals surface area contributed by atoms with E-state index in [0.717, 1.165) is 24.0 Å². The number of rotatable bonds is 17. The van der Waals surface area contributed by atoms with Gasteiger partial charge in [0.25, 0.3) is 0 Å². The van der Waals surface area contributed by atoms with Crippen LogP contribution in [-0.4, -0.2) is 17.0 Å². The van der Waals surface area contributed by atoms with E-state index in [1.54, 1.807) is 0 Å². The van der Waals surface area contributed by atoms with Crippen LogP contribution in [0.4, 0.5) is 4.39 Å². The van der Waals surface area contributed by atoms with Crippen molar-refractivity contribution in [3.05, 3.63) is 28.8 Å². The Kier molecular flexibility index (Phi) is 14.6. The molecule has 0 aliphatic rings. The second-order valence-electron chi connectivity index (χ2n) is 10.5. The molecule has 32 heavy (non-hydrogen) atoms. The molecular formula is C28H49FO2S. The van der Waals surface area contributed by atoms with Gasteiger partial charge in [-0.15, -0.1) is 0 Å². The van der Waals surface area contributed by atoms with Gasteiger partial charge in [0.1, 0.15) is 6.17 Å². The lowest BCUT2D eigenvalue weighted by Crippen LogP contribution is -2.15. The van der Waals surface area contributed by atoms with Crippen LogP contribution >= 0.6 is 0 Å². The van der Waals surface area contributed by atoms with Gasteiger partial charge in [0.15, 0.2) is 11.1 Å². The third-order valence-corrected chi connectivity index (χ3v) is 7.55. The smallest absolute Gasteiger partial charge is 0.189 e. The topological polar surface area (TPSA) is 26.3 Å². The van der Waals surface area contributed by atoms with Gasteiger partial charge in [0.05, 0.1) is 11.5 Å². The Morgan fingerprint density at radius 2 is 1.28 bits per heavy atom. The van der Waals surface area contributed by atoms with Crippen LogP contribution in [0.3, 0.4) is 0 Å². The molecule has 0 heterocycles. The van der Waals surface area contributed by atoms with Gasteiger partial charge in [-0.3, -0.25) is 4.18 Å². The van der Waals surface area contributed by atoms with E-state index in [9.17, 15) is 8.60 Å². The first-order chi connectivity index (χ1) is 15.2. The molecule has 0 aliphatic carbocycles. The Bertz CT molecular complexity index is 643. The van der Waals surface area contributed by atoms with Crippen LogP contribution in [0.15, 0.2) is 17.0 Å². The number of hydrogen-bond acceptors (Lipinski definition) is 2. The van der Waals surface area contributed by atoms with E-state index in [2.05, 4.69) is 39.8 Å². The lowest BCUT2D eigenvalue weighted by molar-refractivity contribution is 0.196. The molecule has 0 saturated carbocycles. The number of alkyl halides is 1. The molecule has 1 aromatic carbocycles. The second-order valence-corrected chi connectivity index (χ2v) is 11.6. The summed E-state index contributed by atoms with van der Waals surface area (Å²) < 4.78 is 32.3. The molecule has 0 bridgehead atoms. The van der Waals surface area contributed by atoms with Gasteiger partial charge in [0.2, 0.25) is 0 Å². The summed E-state index contributed by atoms with van der Waals surface area (Å²) in [5.74, 6) is 0. The highest BCUT2D eigenvalue weighted by Crippen LogP contribution is 2.29. The highest BCUT2D eigenvalue weighted by Gasteiger charge is 2.20. The third-order valence-electron chi connectivity index (χ3n) is 6.22. The molecule has 2 nitrogen and oxygen atoms in total. The Balaban J connectivity index is 2.18. The van der Waals surface area contributed by atoms with E-state index < -0.39 is 17.3 Å². The number of hydrogen-bond donors (Lipinski definition) is 0. The van der Waals surface area contributed by atoms with Crippen LogP contribution in [-0.2, 0) is 20.7 Å². The molecule has 2 atom stereocenters. The van der Waals surface area contributed by atoms with Crippen LogP contribution in [0.1, 0.15) is 128 Å². The lowest BCUT2D eigenvalue weighted by atomic mass is 9.85. The third kappa shape index (κ3) is 11.9. The van der Waals surface area contributed by atoms with Gasteiger partial charge < -0.3 is 0 Å². The Morgan fingerprint density at radius 3 is 1.72 bits per heavy atom. The summed E-state index contributed by atoms with van der Waals surface area (Å²) >= 11 is -1.62. The molecular weight excluding hydrogens is 419 g/mol. The Hall–Kier alpha value is -0.740. The first kappa shape index (κ1) is 29.3. The van der Waals surface area contributed by atoms with Gasteiger partial charge in [0, 0.05) is 0 Å². The van der Waals surface area contributed by atoms with Crippen molar-refractivity contribution in [3.63, 3.8) is 0 Å². The standard InChI is InChI=1S/C28H49FO2S/c1-7-8-9-10-11-12-13-14-15-16-17-18-19-26(29)22-31-32(30)27-23(2)20-25(21-24(27)3)28(4,5)6/h20-21,26H,7-19,22H2,1-6H3. The number of benzene rings is 1. The minimum absolute atomic E-state index is 0.0364. The molecule has 2 unspecified atom stereocenters. The Morgan fingerprint density at radius 1 is 0.844 bits per heavy atom. The second kappa shape index (κ2) is 16.0. The molecule has 0 amide bonds. The van der Waals surface area contributed by atoms with E-state index in [0.29, 0.717) is 11.3 Å². The summed E-state index contributed by atoms with van der Waals surface area (Å²) in [6, 6.07) is 4.14. The highest BCUT2D eigenvalue weighted by molar-refractivity contribution is 7.80. The normalized spacial score (nSPS) is 14.0. The highest BCUT2D eigenvalue weighted by atomic mass is 32.2. The van der Waals surface area contributed by atoms with Crippen LogP contribution in [0.5, 0.6) is 0 Å². The number of halogens is 1. The van der Waals surface area contributed by atoms with Crippen LogP contribution in [0.25, 0.3) is 0 Å². The molecule has 0 spiro atoms. The SMILES string of the molecule is CCCCCCCCCCCCCCC(F)COS(=O)c1c(C)cc(C(C)(C)C)cc1C. The maximum absolute atomic E-state index is 14.2. The summed E-state index contributed by atoms with van der Waals surface area (Å²) in [5.41, 5.74) is 3.15. The molecule has 1 rings (SSSR count). The fourth-order valence-corrected chi connectivity index (χ4v) is 5.16. The van der Waals surface area contributed by atoms with E-state index in [-0.39, 0.29) is 12.0 Å². The average molecular weight is 469 g/mol. The summed E-state index contributed by atoms with van der Waals surface area (Å²) in [5, 5.41) is 0. The zero-order chi connectivity index (χ0) is 24.0. The van der Waals surface area contributed by atoms with E-state index in [1.165, 1.54) is 69.8 Å². The van der Waals surface area contributed by atoms with Crippen molar-refractivity contribution >= 4 is 11.1 Å². The van der Waals surface area contributed by atoms with Gasteiger partial charge in [-0.1, -0.05) is 117 Å². The Labute approximate surface area is 200 Å². The summed E-state index contributed by atoms with van der Waals surface area (Å²) in [6.45, 7) is 12.6. The van der Waals surface area contributed by atoms with Crippen LogP contribution in [0.2, 0.25) is 0 Å². The van der Waals surface area contributed by atoms with Crippen LogP contribution in [0, 0.1) is 13.8 Å². The average Bonchev–Trinajstić information content (AvgIpc) is 2.71. The van der Waals surface area contributed by atoms with Crippen molar-refractivity contribution in [1.29, 1.82) is 0 Å². The van der Waals surface area contributed by atoms with Gasteiger partial charge in [-0.25, -0.2) is 8.60 Å². The minimum atomic E-state index is -1.62. The van der Waals surface area contributed by atoms with E-state index in [1.807, 2.05) is 13.8 Å². The predicted octanol–water partition coefficient (Wildman–Crippen LogP) is 9.07. The molecule has 1 aromatic rings. The fraction of sp³-hybridized carbons (Fsp3) is 0.786. The fourth-order valence-electron chi connectivity index (χ4n) is 4.13. The summed E-state index contributed by atoms with van der Waals surface area (Å²) in [4.78, 5) is 0.690. The largest absolute Gasteiger partial charge is 0.284 e. The van der Waals surface area contributed by atoms with Crippen molar-refractivity contribution in [2.24, 2.45) is 0 Å². The van der Waals surface area contributed by atoms with Crippen molar-refractivity contribution in [1.82, 2.24) is 0 Å². The predicted molar refractivity (Wildman–Crippen MR) is 138 cm³/mol. The molecule has 0 aromatic heterocycles. The maximum atomic E-state index is 14.2.